The first-order valence-corrected chi connectivity index (χ1v) is 10.4. The van der Waals surface area contributed by atoms with Crippen LogP contribution in [0, 0.1) is 5.82 Å². The summed E-state index contributed by atoms with van der Waals surface area (Å²) in [5, 5.41) is 21.6. The van der Waals surface area contributed by atoms with E-state index in [2.05, 4.69) is 20.7 Å². The number of aliphatic imine (C=N–C) groups is 1. The minimum absolute atomic E-state index is 0.185. The first-order valence-electron chi connectivity index (χ1n) is 10.4. The molecule has 0 spiro atoms. The van der Waals surface area contributed by atoms with Crippen molar-refractivity contribution in [1.29, 1.82) is 0 Å². The summed E-state index contributed by atoms with van der Waals surface area (Å²) < 4.78 is 21.1. The number of nitrogens with zero attached hydrogens (tertiary/aromatic N) is 3. The Morgan fingerprint density at radius 2 is 2.13 bits per heavy atom. The van der Waals surface area contributed by atoms with Crippen LogP contribution in [0.3, 0.4) is 0 Å². The molecule has 0 saturated carbocycles. The molecule has 1 aliphatic heterocycles. The van der Waals surface area contributed by atoms with Crippen molar-refractivity contribution in [3.63, 3.8) is 0 Å². The number of aliphatic hydroxyl groups is 1. The first-order chi connectivity index (χ1) is 14.3. The molecule has 1 aromatic heterocycles. The highest BCUT2D eigenvalue weighted by Crippen LogP contribution is 2.34. The third-order valence-corrected chi connectivity index (χ3v) is 5.70. The lowest BCUT2D eigenvalue weighted by Gasteiger charge is -2.38. The van der Waals surface area contributed by atoms with Crippen LogP contribution in [0.15, 0.2) is 41.7 Å². The molecule has 1 aromatic carbocycles. The molecule has 0 bridgehead atoms. The molecule has 7 nitrogen and oxygen atoms in total. The molecule has 164 valence electrons. The second kappa shape index (κ2) is 9.57. The molecule has 2 heterocycles. The molecular formula is C22H32FN5O2. The van der Waals surface area contributed by atoms with Gasteiger partial charge in [0, 0.05) is 50.5 Å². The highest BCUT2D eigenvalue weighted by atomic mass is 19.1. The summed E-state index contributed by atoms with van der Waals surface area (Å²) in [5.74, 6) is 0.385. The molecule has 30 heavy (non-hydrogen) atoms. The fraction of sp³-hybridized carbons (Fsp3) is 0.545. The Morgan fingerprint density at radius 3 is 2.77 bits per heavy atom. The number of benzene rings is 1. The first kappa shape index (κ1) is 22.2. The van der Waals surface area contributed by atoms with Crippen LogP contribution in [0.25, 0.3) is 0 Å². The fourth-order valence-electron chi connectivity index (χ4n) is 3.77. The SMILES string of the molecule is CCNC(=NCC(C)(O)c1cnn(C)c1)NCC1(c2cccc(F)c2)CCOCC1. The lowest BCUT2D eigenvalue weighted by Crippen LogP contribution is -2.48. The highest BCUT2D eigenvalue weighted by molar-refractivity contribution is 5.80. The van der Waals surface area contributed by atoms with E-state index in [9.17, 15) is 9.50 Å². The van der Waals surface area contributed by atoms with Gasteiger partial charge in [-0.25, -0.2) is 9.38 Å². The number of nitrogens with one attached hydrogen (secondary N) is 2. The smallest absolute Gasteiger partial charge is 0.191 e. The topological polar surface area (TPSA) is 83.7 Å². The Balaban J connectivity index is 1.75. The van der Waals surface area contributed by atoms with Gasteiger partial charge >= 0.3 is 0 Å². The zero-order valence-corrected chi connectivity index (χ0v) is 18.0. The van der Waals surface area contributed by atoms with Crippen LogP contribution in [0.2, 0.25) is 0 Å². The van der Waals surface area contributed by atoms with Gasteiger partial charge in [-0.1, -0.05) is 12.1 Å². The second-order valence-corrected chi connectivity index (χ2v) is 8.13. The van der Waals surface area contributed by atoms with Gasteiger partial charge in [0.2, 0.25) is 0 Å². The summed E-state index contributed by atoms with van der Waals surface area (Å²) in [4.78, 5) is 4.60. The highest BCUT2D eigenvalue weighted by Gasteiger charge is 2.35. The van der Waals surface area contributed by atoms with Crippen molar-refractivity contribution >= 4 is 5.96 Å². The van der Waals surface area contributed by atoms with Gasteiger partial charge in [0.05, 0.1) is 12.7 Å². The molecule has 0 amide bonds. The van der Waals surface area contributed by atoms with E-state index in [0.29, 0.717) is 37.8 Å². The lowest BCUT2D eigenvalue weighted by molar-refractivity contribution is 0.0512. The van der Waals surface area contributed by atoms with Gasteiger partial charge in [0.25, 0.3) is 0 Å². The van der Waals surface area contributed by atoms with Gasteiger partial charge in [0.1, 0.15) is 11.4 Å². The van der Waals surface area contributed by atoms with E-state index in [-0.39, 0.29) is 17.8 Å². The largest absolute Gasteiger partial charge is 0.383 e. The molecule has 3 rings (SSSR count). The van der Waals surface area contributed by atoms with Crippen LogP contribution in [-0.4, -0.2) is 53.7 Å². The number of aryl methyl sites for hydroxylation is 1. The standard InChI is InChI=1S/C22H32FN5O2/c1-4-24-20(25-15-21(2,29)18-13-27-28(3)14-18)26-16-22(8-10-30-11-9-22)17-6-5-7-19(23)12-17/h5-7,12-14,29H,4,8-11,15-16H2,1-3H3,(H2,24,25,26). The van der Waals surface area contributed by atoms with Crippen LogP contribution in [0.1, 0.15) is 37.8 Å². The van der Waals surface area contributed by atoms with E-state index >= 15 is 0 Å². The quantitative estimate of drug-likeness (QED) is 0.475. The van der Waals surface area contributed by atoms with Crippen LogP contribution in [0.5, 0.6) is 0 Å². The summed E-state index contributed by atoms with van der Waals surface area (Å²) in [7, 11) is 1.81. The summed E-state index contributed by atoms with van der Waals surface area (Å²) in [6, 6.07) is 6.82. The monoisotopic (exact) mass is 417 g/mol. The van der Waals surface area contributed by atoms with E-state index in [4.69, 9.17) is 4.74 Å². The normalized spacial score (nSPS) is 18.6. The summed E-state index contributed by atoms with van der Waals surface area (Å²) in [6.07, 6.45) is 5.04. The van der Waals surface area contributed by atoms with Gasteiger partial charge in [-0.2, -0.15) is 5.10 Å². The number of halogens is 1. The van der Waals surface area contributed by atoms with Crippen LogP contribution in [-0.2, 0) is 22.8 Å². The summed E-state index contributed by atoms with van der Waals surface area (Å²) >= 11 is 0. The molecule has 1 unspecified atom stereocenters. The zero-order chi connectivity index (χ0) is 21.6. The van der Waals surface area contributed by atoms with Crippen molar-refractivity contribution in [3.05, 3.63) is 53.6 Å². The molecule has 1 atom stereocenters. The number of guanidine groups is 1. The Morgan fingerprint density at radius 1 is 1.37 bits per heavy atom. The second-order valence-electron chi connectivity index (χ2n) is 8.13. The number of ether oxygens (including phenoxy) is 1. The van der Waals surface area contributed by atoms with Crippen LogP contribution < -0.4 is 10.6 Å². The molecule has 1 fully saturated rings. The maximum atomic E-state index is 13.9. The van der Waals surface area contributed by atoms with Gasteiger partial charge in [0.15, 0.2) is 5.96 Å². The molecule has 3 N–H and O–H groups in total. The predicted molar refractivity (Wildman–Crippen MR) is 115 cm³/mol. The average molecular weight is 418 g/mol. The van der Waals surface area contributed by atoms with E-state index in [0.717, 1.165) is 18.4 Å². The Bertz CT molecular complexity index is 859. The van der Waals surface area contributed by atoms with Crippen LogP contribution in [0.4, 0.5) is 4.39 Å². The van der Waals surface area contributed by atoms with E-state index in [1.807, 2.05) is 20.0 Å². The zero-order valence-electron chi connectivity index (χ0n) is 18.0. The van der Waals surface area contributed by atoms with Crippen molar-refractivity contribution in [1.82, 2.24) is 20.4 Å². The van der Waals surface area contributed by atoms with Crippen molar-refractivity contribution in [2.45, 2.75) is 37.7 Å². The van der Waals surface area contributed by atoms with Crippen molar-refractivity contribution in [2.75, 3.05) is 32.8 Å². The minimum atomic E-state index is -1.13. The lowest BCUT2D eigenvalue weighted by atomic mass is 9.74. The molecule has 2 aromatic rings. The Hall–Kier alpha value is -2.45. The summed E-state index contributed by atoms with van der Waals surface area (Å²) in [6.45, 7) is 6.47. The maximum absolute atomic E-state index is 13.9. The molecular weight excluding hydrogens is 385 g/mol. The number of aromatic nitrogens is 2. The average Bonchev–Trinajstić information content (AvgIpc) is 3.18. The van der Waals surface area contributed by atoms with E-state index < -0.39 is 5.60 Å². The Labute approximate surface area is 177 Å². The molecule has 0 radical (unpaired) electrons. The summed E-state index contributed by atoms with van der Waals surface area (Å²) in [5.41, 5.74) is 0.319. The van der Waals surface area contributed by atoms with Gasteiger partial charge < -0.3 is 20.5 Å². The van der Waals surface area contributed by atoms with E-state index in [1.54, 1.807) is 36.1 Å². The predicted octanol–water partition coefficient (Wildman–Crippen LogP) is 2.07. The van der Waals surface area contributed by atoms with Crippen molar-refractivity contribution in [3.8, 4) is 0 Å². The third-order valence-electron chi connectivity index (χ3n) is 5.70. The number of hydrogen-bond donors (Lipinski definition) is 3. The van der Waals surface area contributed by atoms with Gasteiger partial charge in [-0.05, 0) is 44.4 Å². The number of rotatable bonds is 7. The van der Waals surface area contributed by atoms with E-state index in [1.165, 1.54) is 6.07 Å². The maximum Gasteiger partial charge on any atom is 0.191 e. The molecule has 1 saturated heterocycles. The molecule has 1 aliphatic rings. The van der Waals surface area contributed by atoms with Crippen LogP contribution >= 0.6 is 0 Å². The van der Waals surface area contributed by atoms with Crippen molar-refractivity contribution < 1.29 is 14.2 Å². The fourth-order valence-corrected chi connectivity index (χ4v) is 3.77. The minimum Gasteiger partial charge on any atom is -0.383 e. The molecule has 8 heteroatoms. The number of hydrogen-bond acceptors (Lipinski definition) is 4. The van der Waals surface area contributed by atoms with Crippen molar-refractivity contribution in [2.24, 2.45) is 12.0 Å². The molecule has 0 aliphatic carbocycles. The van der Waals surface area contributed by atoms with Gasteiger partial charge in [-0.15, -0.1) is 0 Å². The third kappa shape index (κ3) is 5.37. The Kier molecular flexibility index (Phi) is 7.10. The van der Waals surface area contributed by atoms with Gasteiger partial charge in [-0.3, -0.25) is 4.68 Å².